The zero-order valence-electron chi connectivity index (χ0n) is 23.8. The van der Waals surface area contributed by atoms with E-state index in [9.17, 15) is 13.2 Å². The van der Waals surface area contributed by atoms with Crippen LogP contribution in [0.3, 0.4) is 0 Å². The lowest BCUT2D eigenvalue weighted by Gasteiger charge is -2.33. The summed E-state index contributed by atoms with van der Waals surface area (Å²) in [6, 6.07) is 13.0. The van der Waals surface area contributed by atoms with Gasteiger partial charge in [0.1, 0.15) is 5.60 Å². The van der Waals surface area contributed by atoms with E-state index in [4.69, 9.17) is 16.3 Å². The zero-order valence-corrected chi connectivity index (χ0v) is 25.4. The van der Waals surface area contributed by atoms with E-state index in [-0.39, 0.29) is 6.09 Å². The van der Waals surface area contributed by atoms with Crippen molar-refractivity contribution in [3.8, 4) is 0 Å². The number of aryl methyl sites for hydroxylation is 2. The molecule has 0 spiro atoms. The smallest absolute Gasteiger partial charge is 0.410 e. The van der Waals surface area contributed by atoms with Crippen LogP contribution >= 0.6 is 11.6 Å². The van der Waals surface area contributed by atoms with E-state index >= 15 is 0 Å². The number of sulfonamides is 1. The number of carbonyl (C=O) groups excluding carboxylic acids is 1. The number of halogens is 1. The van der Waals surface area contributed by atoms with Gasteiger partial charge in [0.2, 0.25) is 10.0 Å². The number of ether oxygens (including phenoxy) is 1. The number of fused-ring (bicyclic) bond motifs is 1. The fourth-order valence-electron chi connectivity index (χ4n) is 5.25. The first-order chi connectivity index (χ1) is 19.0. The SMILES string of the molecule is CC(C)(C)OC(=O)N1CCC(CCCCc2ccc(S(=O)(=O)NCCCc3c[nH]c4ccc(Cl)cc34)cc2)CC1. The summed E-state index contributed by atoms with van der Waals surface area (Å²) in [6.45, 7) is 7.59. The molecule has 0 atom stereocenters. The Bertz CT molecular complexity index is 1370. The van der Waals surface area contributed by atoms with Crippen LogP contribution in [0.15, 0.2) is 53.6 Å². The number of hydrogen-bond donors (Lipinski definition) is 2. The van der Waals surface area contributed by atoms with Crippen LogP contribution in [-0.2, 0) is 27.6 Å². The molecular formula is C31H42ClN3O4S. The Labute approximate surface area is 243 Å². The first-order valence-corrected chi connectivity index (χ1v) is 16.2. The van der Waals surface area contributed by atoms with E-state index in [1.54, 1.807) is 12.1 Å². The largest absolute Gasteiger partial charge is 0.444 e. The van der Waals surface area contributed by atoms with Crippen molar-refractivity contribution in [3.63, 3.8) is 0 Å². The van der Waals surface area contributed by atoms with Crippen LogP contribution in [0.5, 0.6) is 0 Å². The monoisotopic (exact) mass is 587 g/mol. The number of unbranched alkanes of at least 4 members (excludes halogenated alkanes) is 1. The Morgan fingerprint density at radius 1 is 1.05 bits per heavy atom. The van der Waals surface area contributed by atoms with E-state index < -0.39 is 15.6 Å². The number of aromatic nitrogens is 1. The van der Waals surface area contributed by atoms with Gasteiger partial charge in [-0.15, -0.1) is 0 Å². The minimum absolute atomic E-state index is 0.206. The first kappa shape index (κ1) is 30.4. The first-order valence-electron chi connectivity index (χ1n) is 14.3. The number of benzene rings is 2. The van der Waals surface area contributed by atoms with E-state index in [2.05, 4.69) is 9.71 Å². The molecule has 0 bridgehead atoms. The minimum atomic E-state index is -3.54. The zero-order chi connectivity index (χ0) is 28.8. The average Bonchev–Trinajstić information content (AvgIpc) is 3.30. The lowest BCUT2D eigenvalue weighted by atomic mass is 9.91. The van der Waals surface area contributed by atoms with Crippen molar-refractivity contribution in [2.45, 2.75) is 82.6 Å². The van der Waals surface area contributed by atoms with Gasteiger partial charge < -0.3 is 14.6 Å². The number of nitrogens with zero attached hydrogens (tertiary/aromatic N) is 1. The summed E-state index contributed by atoms with van der Waals surface area (Å²) < 4.78 is 33.7. The molecule has 0 aliphatic carbocycles. The molecule has 0 saturated carbocycles. The molecule has 1 fully saturated rings. The van der Waals surface area contributed by atoms with Crippen molar-refractivity contribution in [1.29, 1.82) is 0 Å². The standard InChI is InChI=1S/C31H42ClN3O4S/c1-31(2,3)39-30(36)35-19-16-24(17-20-35)8-5-4-7-23-10-13-27(14-11-23)40(37,38)34-18-6-9-25-22-33-29-15-12-26(32)21-28(25)29/h10-15,21-22,24,33-34H,4-9,16-20H2,1-3H3. The number of aromatic amines is 1. The van der Waals surface area contributed by atoms with Crippen LogP contribution < -0.4 is 4.72 Å². The lowest BCUT2D eigenvalue weighted by molar-refractivity contribution is 0.0180. The second-order valence-electron chi connectivity index (χ2n) is 11.8. The number of rotatable bonds is 11. The highest BCUT2D eigenvalue weighted by molar-refractivity contribution is 7.89. The molecule has 3 aromatic rings. The van der Waals surface area contributed by atoms with Gasteiger partial charge in [0, 0.05) is 41.8 Å². The molecule has 4 rings (SSSR count). The molecular weight excluding hydrogens is 546 g/mol. The Kier molecular flexibility index (Phi) is 10.2. The maximum Gasteiger partial charge on any atom is 0.410 e. The number of hydrogen-bond acceptors (Lipinski definition) is 4. The molecule has 2 heterocycles. The molecule has 0 unspecified atom stereocenters. The maximum absolute atomic E-state index is 12.8. The summed E-state index contributed by atoms with van der Waals surface area (Å²) in [5, 5.41) is 1.77. The summed E-state index contributed by atoms with van der Waals surface area (Å²) in [5.74, 6) is 0.644. The van der Waals surface area contributed by atoms with Crippen LogP contribution in [0.2, 0.25) is 5.02 Å². The topological polar surface area (TPSA) is 91.5 Å². The third-order valence-corrected chi connectivity index (χ3v) is 9.18. The second-order valence-corrected chi connectivity index (χ2v) is 14.0. The summed E-state index contributed by atoms with van der Waals surface area (Å²) in [5.41, 5.74) is 2.85. The number of H-pyrrole nitrogens is 1. The third-order valence-electron chi connectivity index (χ3n) is 7.47. The molecule has 9 heteroatoms. The second kappa shape index (κ2) is 13.4. The summed E-state index contributed by atoms with van der Waals surface area (Å²) in [4.78, 5) is 17.6. The highest BCUT2D eigenvalue weighted by Gasteiger charge is 2.26. The van der Waals surface area contributed by atoms with Crippen LogP contribution in [-0.4, -0.2) is 49.6 Å². The molecule has 2 N–H and O–H groups in total. The Morgan fingerprint density at radius 3 is 2.48 bits per heavy atom. The molecule has 0 radical (unpaired) electrons. The molecule has 2 aromatic carbocycles. The van der Waals surface area contributed by atoms with Crippen LogP contribution in [0.4, 0.5) is 4.79 Å². The number of likely N-dealkylation sites (tertiary alicyclic amines) is 1. The van der Waals surface area contributed by atoms with Gasteiger partial charge in [-0.1, -0.05) is 36.6 Å². The van der Waals surface area contributed by atoms with Crippen LogP contribution in [0, 0.1) is 5.92 Å². The summed E-state index contributed by atoms with van der Waals surface area (Å²) >= 11 is 6.12. The molecule has 218 valence electrons. The van der Waals surface area contributed by atoms with Gasteiger partial charge in [-0.05, 0) is 107 Å². The minimum Gasteiger partial charge on any atom is -0.444 e. The summed E-state index contributed by atoms with van der Waals surface area (Å²) in [6.07, 6.45) is 9.53. The van der Waals surface area contributed by atoms with Crippen molar-refractivity contribution in [2.24, 2.45) is 5.92 Å². The Morgan fingerprint density at radius 2 is 1.77 bits per heavy atom. The van der Waals surface area contributed by atoms with Crippen LogP contribution in [0.1, 0.15) is 70.4 Å². The van der Waals surface area contributed by atoms with Gasteiger partial charge in [-0.3, -0.25) is 0 Å². The van der Waals surface area contributed by atoms with Crippen LogP contribution in [0.25, 0.3) is 10.9 Å². The van der Waals surface area contributed by atoms with E-state index in [0.717, 1.165) is 80.1 Å². The highest BCUT2D eigenvalue weighted by Crippen LogP contribution is 2.25. The molecule has 1 aromatic heterocycles. The van der Waals surface area contributed by atoms with E-state index in [1.165, 1.54) is 0 Å². The fourth-order valence-corrected chi connectivity index (χ4v) is 6.50. The maximum atomic E-state index is 12.8. The van der Waals surface area contributed by atoms with Crippen molar-refractivity contribution in [2.75, 3.05) is 19.6 Å². The summed E-state index contributed by atoms with van der Waals surface area (Å²) in [7, 11) is -3.54. The molecule has 1 saturated heterocycles. The predicted molar refractivity (Wildman–Crippen MR) is 161 cm³/mol. The van der Waals surface area contributed by atoms with E-state index in [0.29, 0.717) is 28.8 Å². The molecule has 7 nitrogen and oxygen atoms in total. The van der Waals surface area contributed by atoms with Crippen molar-refractivity contribution >= 4 is 38.6 Å². The fraction of sp³-hybridized carbons (Fsp3) is 0.516. The predicted octanol–water partition coefficient (Wildman–Crippen LogP) is 7.09. The Balaban J connectivity index is 1.13. The number of carbonyl (C=O) groups is 1. The molecule has 1 amide bonds. The van der Waals surface area contributed by atoms with Gasteiger partial charge in [0.15, 0.2) is 0 Å². The van der Waals surface area contributed by atoms with Gasteiger partial charge in [-0.2, -0.15) is 0 Å². The van der Waals surface area contributed by atoms with Gasteiger partial charge >= 0.3 is 6.09 Å². The van der Waals surface area contributed by atoms with Gasteiger partial charge in [0.25, 0.3) is 0 Å². The quantitative estimate of drug-likeness (QED) is 0.234. The normalized spacial score (nSPS) is 15.1. The number of nitrogens with one attached hydrogen (secondary N) is 2. The average molecular weight is 588 g/mol. The molecule has 40 heavy (non-hydrogen) atoms. The molecule has 1 aliphatic rings. The van der Waals surface area contributed by atoms with E-state index in [1.807, 2.05) is 62.2 Å². The number of piperidine rings is 1. The highest BCUT2D eigenvalue weighted by atomic mass is 35.5. The van der Waals surface area contributed by atoms with Gasteiger partial charge in [0.05, 0.1) is 4.90 Å². The van der Waals surface area contributed by atoms with Crippen molar-refractivity contribution < 1.29 is 17.9 Å². The van der Waals surface area contributed by atoms with Crippen molar-refractivity contribution in [1.82, 2.24) is 14.6 Å². The lowest BCUT2D eigenvalue weighted by Crippen LogP contribution is -2.41. The Hall–Kier alpha value is -2.55. The number of amides is 1. The van der Waals surface area contributed by atoms with Gasteiger partial charge in [-0.25, -0.2) is 17.9 Å². The third kappa shape index (κ3) is 8.72. The molecule has 1 aliphatic heterocycles. The van der Waals surface area contributed by atoms with Crippen molar-refractivity contribution in [3.05, 3.63) is 64.8 Å².